The number of aryl methyl sites for hydroxylation is 1. The van der Waals surface area contributed by atoms with Gasteiger partial charge in [0.05, 0.1) is 6.10 Å². The highest BCUT2D eigenvalue weighted by Crippen LogP contribution is 2.23. The molecule has 0 heterocycles. The first-order chi connectivity index (χ1) is 9.56. The van der Waals surface area contributed by atoms with E-state index in [1.807, 2.05) is 19.1 Å². The maximum atomic E-state index is 11.1. The number of nitrogens with two attached hydrogens (primary N) is 1. The molecule has 1 aliphatic carbocycles. The molecule has 1 saturated carbocycles. The summed E-state index contributed by atoms with van der Waals surface area (Å²) < 4.78 is 0. The Balaban J connectivity index is 1.81. The van der Waals surface area contributed by atoms with Crippen molar-refractivity contribution in [1.29, 1.82) is 0 Å². The fourth-order valence-corrected chi connectivity index (χ4v) is 2.81. The van der Waals surface area contributed by atoms with Gasteiger partial charge in [-0.25, -0.2) is 0 Å². The summed E-state index contributed by atoms with van der Waals surface area (Å²) in [5.41, 5.74) is 8.12. The van der Waals surface area contributed by atoms with Gasteiger partial charge in [0.2, 0.25) is 5.91 Å². The average Bonchev–Trinajstić information content (AvgIpc) is 2.42. The second-order valence-corrected chi connectivity index (χ2v) is 5.81. The standard InChI is InChI=1S/C16H24N2O2/c1-11-8-13(16(17)20)4-5-14(11)10-18-9-12-2-6-15(19)7-3-12/h4-5,8,12,15,18-19H,2-3,6-7,9-10H2,1H3,(H2,17,20). The van der Waals surface area contributed by atoms with Gasteiger partial charge >= 0.3 is 0 Å². The number of rotatable bonds is 5. The largest absolute Gasteiger partial charge is 0.393 e. The van der Waals surface area contributed by atoms with Crippen LogP contribution in [-0.4, -0.2) is 23.7 Å². The van der Waals surface area contributed by atoms with Crippen LogP contribution < -0.4 is 11.1 Å². The molecule has 110 valence electrons. The highest BCUT2D eigenvalue weighted by atomic mass is 16.3. The Kier molecular flexibility index (Phi) is 5.15. The van der Waals surface area contributed by atoms with Gasteiger partial charge in [0.1, 0.15) is 0 Å². The lowest BCUT2D eigenvalue weighted by molar-refractivity contribution is 0.1000. The first kappa shape index (κ1) is 15.0. The lowest BCUT2D eigenvalue weighted by Crippen LogP contribution is -2.27. The van der Waals surface area contributed by atoms with Crippen molar-refractivity contribution in [1.82, 2.24) is 5.32 Å². The van der Waals surface area contributed by atoms with Gasteiger partial charge in [0, 0.05) is 12.1 Å². The van der Waals surface area contributed by atoms with Gasteiger partial charge in [-0.3, -0.25) is 4.79 Å². The molecular formula is C16H24N2O2. The maximum absolute atomic E-state index is 11.1. The Morgan fingerprint density at radius 1 is 1.35 bits per heavy atom. The molecule has 1 aliphatic rings. The van der Waals surface area contributed by atoms with Gasteiger partial charge in [0.25, 0.3) is 0 Å². The van der Waals surface area contributed by atoms with Crippen molar-refractivity contribution in [3.8, 4) is 0 Å². The molecule has 0 unspecified atom stereocenters. The van der Waals surface area contributed by atoms with Gasteiger partial charge in [-0.15, -0.1) is 0 Å². The quantitative estimate of drug-likeness (QED) is 0.766. The number of nitrogens with one attached hydrogen (secondary N) is 1. The molecule has 0 atom stereocenters. The summed E-state index contributed by atoms with van der Waals surface area (Å²) in [6, 6.07) is 5.59. The summed E-state index contributed by atoms with van der Waals surface area (Å²) in [5.74, 6) is 0.289. The topological polar surface area (TPSA) is 75.4 Å². The van der Waals surface area contributed by atoms with Crippen molar-refractivity contribution >= 4 is 5.91 Å². The molecule has 0 aromatic heterocycles. The molecule has 4 nitrogen and oxygen atoms in total. The molecule has 1 aromatic carbocycles. The summed E-state index contributed by atoms with van der Waals surface area (Å²) in [6.45, 7) is 3.80. The van der Waals surface area contributed by atoms with Crippen molar-refractivity contribution in [2.24, 2.45) is 11.7 Å². The van der Waals surface area contributed by atoms with Crippen LogP contribution in [0.25, 0.3) is 0 Å². The normalized spacial score (nSPS) is 22.7. The molecule has 0 saturated heterocycles. The molecule has 0 radical (unpaired) electrons. The minimum Gasteiger partial charge on any atom is -0.393 e. The van der Waals surface area contributed by atoms with E-state index in [1.165, 1.54) is 5.56 Å². The van der Waals surface area contributed by atoms with E-state index in [0.29, 0.717) is 11.5 Å². The fourth-order valence-electron chi connectivity index (χ4n) is 2.81. The van der Waals surface area contributed by atoms with Crippen LogP contribution in [-0.2, 0) is 6.54 Å². The van der Waals surface area contributed by atoms with E-state index in [1.54, 1.807) is 6.07 Å². The van der Waals surface area contributed by atoms with Crippen molar-refractivity contribution in [2.75, 3.05) is 6.54 Å². The first-order valence-electron chi connectivity index (χ1n) is 7.34. The van der Waals surface area contributed by atoms with Crippen LogP contribution in [0.4, 0.5) is 0 Å². The highest BCUT2D eigenvalue weighted by Gasteiger charge is 2.18. The summed E-state index contributed by atoms with van der Waals surface area (Å²) in [4.78, 5) is 11.1. The van der Waals surface area contributed by atoms with E-state index in [9.17, 15) is 9.90 Å². The predicted octanol–water partition coefficient (Wildman–Crippen LogP) is 1.73. The van der Waals surface area contributed by atoms with E-state index < -0.39 is 0 Å². The van der Waals surface area contributed by atoms with E-state index in [0.717, 1.165) is 44.3 Å². The van der Waals surface area contributed by atoms with Crippen LogP contribution in [0.3, 0.4) is 0 Å². The first-order valence-corrected chi connectivity index (χ1v) is 7.34. The number of carbonyl (C=O) groups is 1. The number of hydrogen-bond acceptors (Lipinski definition) is 3. The number of carbonyl (C=O) groups excluding carboxylic acids is 1. The number of primary amides is 1. The SMILES string of the molecule is Cc1cc(C(N)=O)ccc1CNCC1CCC(O)CC1. The third-order valence-electron chi connectivity index (χ3n) is 4.19. The Bertz CT molecular complexity index is 466. The second-order valence-electron chi connectivity index (χ2n) is 5.81. The summed E-state index contributed by atoms with van der Waals surface area (Å²) in [5, 5.41) is 13.0. The Morgan fingerprint density at radius 3 is 2.65 bits per heavy atom. The lowest BCUT2D eigenvalue weighted by atomic mass is 9.87. The molecule has 0 spiro atoms. The number of hydrogen-bond donors (Lipinski definition) is 3. The van der Waals surface area contributed by atoms with Gasteiger partial charge in [0.15, 0.2) is 0 Å². The zero-order chi connectivity index (χ0) is 14.5. The van der Waals surface area contributed by atoms with E-state index >= 15 is 0 Å². The van der Waals surface area contributed by atoms with E-state index in [4.69, 9.17) is 5.73 Å². The van der Waals surface area contributed by atoms with Crippen LogP contribution in [0.2, 0.25) is 0 Å². The van der Waals surface area contributed by atoms with E-state index in [-0.39, 0.29) is 12.0 Å². The Hall–Kier alpha value is -1.39. The molecule has 2 rings (SSSR count). The lowest BCUT2D eigenvalue weighted by Gasteiger charge is -2.25. The molecule has 0 bridgehead atoms. The van der Waals surface area contributed by atoms with Crippen LogP contribution in [0.5, 0.6) is 0 Å². The van der Waals surface area contributed by atoms with Crippen molar-refractivity contribution in [3.63, 3.8) is 0 Å². The molecule has 4 N–H and O–H groups in total. The van der Waals surface area contributed by atoms with Gasteiger partial charge in [-0.05, 0) is 68.3 Å². The summed E-state index contributed by atoms with van der Waals surface area (Å²) in [7, 11) is 0. The average molecular weight is 276 g/mol. The number of aliphatic hydroxyl groups excluding tert-OH is 1. The molecule has 4 heteroatoms. The smallest absolute Gasteiger partial charge is 0.248 e. The molecular weight excluding hydrogens is 252 g/mol. The van der Waals surface area contributed by atoms with Crippen LogP contribution in [0.15, 0.2) is 18.2 Å². The van der Waals surface area contributed by atoms with Gasteiger partial charge in [-0.2, -0.15) is 0 Å². The third-order valence-corrected chi connectivity index (χ3v) is 4.19. The van der Waals surface area contributed by atoms with E-state index in [2.05, 4.69) is 5.32 Å². The zero-order valence-electron chi connectivity index (χ0n) is 12.1. The molecule has 1 fully saturated rings. The highest BCUT2D eigenvalue weighted by molar-refractivity contribution is 5.93. The van der Waals surface area contributed by atoms with Crippen LogP contribution in [0.1, 0.15) is 47.2 Å². The fraction of sp³-hybridized carbons (Fsp3) is 0.562. The second kappa shape index (κ2) is 6.86. The minimum absolute atomic E-state index is 0.0881. The molecule has 20 heavy (non-hydrogen) atoms. The predicted molar refractivity (Wildman–Crippen MR) is 79.4 cm³/mol. The van der Waals surface area contributed by atoms with Crippen LogP contribution >= 0.6 is 0 Å². The molecule has 1 amide bonds. The summed E-state index contributed by atoms with van der Waals surface area (Å²) >= 11 is 0. The summed E-state index contributed by atoms with van der Waals surface area (Å²) in [6.07, 6.45) is 3.98. The minimum atomic E-state index is -0.381. The van der Waals surface area contributed by atoms with Gasteiger partial charge < -0.3 is 16.2 Å². The Morgan fingerprint density at radius 2 is 2.05 bits per heavy atom. The monoisotopic (exact) mass is 276 g/mol. The number of aliphatic hydroxyl groups is 1. The number of benzene rings is 1. The maximum Gasteiger partial charge on any atom is 0.248 e. The van der Waals surface area contributed by atoms with Gasteiger partial charge in [-0.1, -0.05) is 6.07 Å². The number of amides is 1. The van der Waals surface area contributed by atoms with Crippen molar-refractivity contribution in [2.45, 2.75) is 45.3 Å². The van der Waals surface area contributed by atoms with Crippen molar-refractivity contribution in [3.05, 3.63) is 34.9 Å². The molecule has 0 aliphatic heterocycles. The zero-order valence-corrected chi connectivity index (χ0v) is 12.1. The molecule has 1 aromatic rings. The third kappa shape index (κ3) is 4.05. The van der Waals surface area contributed by atoms with Crippen molar-refractivity contribution < 1.29 is 9.90 Å². The Labute approximate surface area is 120 Å². The van der Waals surface area contributed by atoms with Crippen LogP contribution in [0, 0.1) is 12.8 Å².